The molecule has 0 unspecified atom stereocenters. The molecule has 0 atom stereocenters. The van der Waals surface area contributed by atoms with Crippen molar-refractivity contribution < 1.29 is 18.9 Å². The Morgan fingerprint density at radius 3 is 2.48 bits per heavy atom. The maximum absolute atomic E-state index is 12.3. The zero-order valence-electron chi connectivity index (χ0n) is 11.4. The Labute approximate surface area is 134 Å². The molecule has 0 spiro atoms. The molecule has 1 aliphatic heterocycles. The van der Waals surface area contributed by atoms with Crippen LogP contribution >= 0.6 is 11.6 Å². The number of hydrazine groups is 1. The van der Waals surface area contributed by atoms with E-state index >= 15 is 0 Å². The average Bonchev–Trinajstić information content (AvgIpc) is 3.09. The summed E-state index contributed by atoms with van der Waals surface area (Å²) in [7, 11) is 0. The van der Waals surface area contributed by atoms with Gasteiger partial charge in [0.2, 0.25) is 0 Å². The highest BCUT2D eigenvalue weighted by Gasteiger charge is 2.34. The lowest BCUT2D eigenvalue weighted by Crippen LogP contribution is -2.35. The predicted molar refractivity (Wildman–Crippen MR) is 80.4 cm³/mol. The Hall–Kier alpha value is -3.13. The third-order valence-corrected chi connectivity index (χ3v) is 3.31. The molecule has 9 heteroatoms. The number of hydrogen-bond acceptors (Lipinski definition) is 5. The molecule has 1 aliphatic rings. The summed E-state index contributed by atoms with van der Waals surface area (Å²) in [5.41, 5.74) is 2.64. The van der Waals surface area contributed by atoms with E-state index in [0.717, 1.165) is 17.2 Å². The van der Waals surface area contributed by atoms with Crippen LogP contribution in [0.15, 0.2) is 46.4 Å². The van der Waals surface area contributed by atoms with E-state index in [1.54, 1.807) is 24.3 Å². The Bertz CT molecular complexity index is 840. The van der Waals surface area contributed by atoms with Gasteiger partial charge in [-0.05, 0) is 36.4 Å². The normalized spacial score (nSPS) is 16.0. The van der Waals surface area contributed by atoms with Crippen molar-refractivity contribution in [3.63, 3.8) is 0 Å². The maximum Gasteiger partial charge on any atom is 0.433 e. The second kappa shape index (κ2) is 5.58. The lowest BCUT2D eigenvalue weighted by molar-refractivity contribution is -0.402. The van der Waals surface area contributed by atoms with E-state index in [9.17, 15) is 19.7 Å². The third-order valence-electron chi connectivity index (χ3n) is 3.06. The SMILES string of the molecule is O=C1NN(c2ccc(Cl)cc2)C(=O)/C1=C\c1ccc([N+](=O)[O-])o1. The summed E-state index contributed by atoms with van der Waals surface area (Å²) in [6.45, 7) is 0. The van der Waals surface area contributed by atoms with Gasteiger partial charge in [0, 0.05) is 5.02 Å². The lowest BCUT2D eigenvalue weighted by atomic mass is 10.2. The van der Waals surface area contributed by atoms with Crippen LogP contribution in [0.3, 0.4) is 0 Å². The molecule has 2 amide bonds. The van der Waals surface area contributed by atoms with Crippen LogP contribution in [0.4, 0.5) is 11.6 Å². The number of nitro groups is 1. The second-order valence-corrected chi connectivity index (χ2v) is 4.99. The summed E-state index contributed by atoms with van der Waals surface area (Å²) in [5.74, 6) is -1.68. The van der Waals surface area contributed by atoms with E-state index in [-0.39, 0.29) is 11.3 Å². The zero-order valence-corrected chi connectivity index (χ0v) is 12.1. The van der Waals surface area contributed by atoms with Gasteiger partial charge in [0.1, 0.15) is 16.3 Å². The van der Waals surface area contributed by atoms with Gasteiger partial charge in [-0.15, -0.1) is 0 Å². The Kier molecular flexibility index (Phi) is 3.59. The van der Waals surface area contributed by atoms with Crippen molar-refractivity contribution in [2.45, 2.75) is 0 Å². The van der Waals surface area contributed by atoms with E-state index in [1.807, 2.05) is 0 Å². The first-order valence-electron chi connectivity index (χ1n) is 6.32. The van der Waals surface area contributed by atoms with Crippen LogP contribution in [0, 0.1) is 10.1 Å². The largest absolute Gasteiger partial charge is 0.433 e. The van der Waals surface area contributed by atoms with E-state index < -0.39 is 22.6 Å². The highest BCUT2D eigenvalue weighted by molar-refractivity contribution is 6.32. The first kappa shape index (κ1) is 14.8. The average molecular weight is 334 g/mol. The molecule has 0 aliphatic carbocycles. The van der Waals surface area contributed by atoms with Gasteiger partial charge in [-0.25, -0.2) is 5.01 Å². The summed E-state index contributed by atoms with van der Waals surface area (Å²) in [4.78, 5) is 34.1. The fourth-order valence-electron chi connectivity index (χ4n) is 1.99. The minimum Gasteiger partial charge on any atom is -0.401 e. The number of carbonyl (C=O) groups excluding carboxylic acids is 2. The minimum atomic E-state index is -0.710. The summed E-state index contributed by atoms with van der Waals surface area (Å²) in [5, 5.41) is 12.1. The van der Waals surface area contributed by atoms with Gasteiger partial charge in [0.15, 0.2) is 0 Å². The molecule has 1 saturated heterocycles. The number of anilines is 1. The van der Waals surface area contributed by atoms with Crippen molar-refractivity contribution in [3.8, 4) is 0 Å². The standard InChI is InChI=1S/C14H8ClN3O5/c15-8-1-3-9(4-2-8)17-14(20)11(13(19)16-17)7-10-5-6-12(23-10)18(21)22/h1-7H,(H,16,19)/b11-7-. The zero-order chi connectivity index (χ0) is 16.6. The van der Waals surface area contributed by atoms with Crippen molar-refractivity contribution in [1.82, 2.24) is 5.43 Å². The van der Waals surface area contributed by atoms with Crippen molar-refractivity contribution >= 4 is 41.1 Å². The van der Waals surface area contributed by atoms with Crippen LogP contribution < -0.4 is 10.4 Å². The molecule has 1 N–H and O–H groups in total. The first-order valence-corrected chi connectivity index (χ1v) is 6.70. The second-order valence-electron chi connectivity index (χ2n) is 4.55. The molecule has 0 radical (unpaired) electrons. The van der Waals surface area contributed by atoms with Gasteiger partial charge in [0.25, 0.3) is 11.8 Å². The lowest BCUT2D eigenvalue weighted by Gasteiger charge is -2.14. The summed E-state index contributed by atoms with van der Waals surface area (Å²) in [6.07, 6.45) is 1.15. The Balaban J connectivity index is 1.90. The van der Waals surface area contributed by atoms with Crippen molar-refractivity contribution in [2.75, 3.05) is 5.01 Å². The molecule has 116 valence electrons. The number of furan rings is 1. The molecule has 1 aromatic carbocycles. The molecule has 23 heavy (non-hydrogen) atoms. The quantitative estimate of drug-likeness (QED) is 0.401. The fourth-order valence-corrected chi connectivity index (χ4v) is 2.12. The number of hydrogen-bond donors (Lipinski definition) is 1. The monoisotopic (exact) mass is 333 g/mol. The van der Waals surface area contributed by atoms with Gasteiger partial charge in [0.05, 0.1) is 11.8 Å². The molecule has 0 saturated carbocycles. The maximum atomic E-state index is 12.3. The van der Waals surface area contributed by atoms with Crippen LogP contribution in [0.1, 0.15) is 5.76 Å². The number of nitrogens with one attached hydrogen (secondary N) is 1. The molecule has 3 rings (SSSR count). The molecule has 2 aromatic rings. The van der Waals surface area contributed by atoms with Crippen LogP contribution in [-0.4, -0.2) is 16.7 Å². The Morgan fingerprint density at radius 1 is 1.17 bits per heavy atom. The number of halogens is 1. The predicted octanol–water partition coefficient (Wildman–Crippen LogP) is 2.30. The summed E-state index contributed by atoms with van der Waals surface area (Å²) < 4.78 is 4.92. The molecule has 0 bridgehead atoms. The van der Waals surface area contributed by atoms with E-state index in [4.69, 9.17) is 16.0 Å². The molecular weight excluding hydrogens is 326 g/mol. The van der Waals surface area contributed by atoms with Crippen LogP contribution in [0.5, 0.6) is 0 Å². The first-order chi connectivity index (χ1) is 11.0. The number of amides is 2. The number of carbonyl (C=O) groups is 2. The number of nitrogens with zero attached hydrogens (tertiary/aromatic N) is 2. The van der Waals surface area contributed by atoms with Gasteiger partial charge in [-0.1, -0.05) is 11.6 Å². The highest BCUT2D eigenvalue weighted by atomic mass is 35.5. The van der Waals surface area contributed by atoms with E-state index in [0.29, 0.717) is 10.7 Å². The molecule has 8 nitrogen and oxygen atoms in total. The number of benzene rings is 1. The van der Waals surface area contributed by atoms with E-state index in [1.165, 1.54) is 6.07 Å². The van der Waals surface area contributed by atoms with Gasteiger partial charge >= 0.3 is 5.88 Å². The molecular formula is C14H8ClN3O5. The van der Waals surface area contributed by atoms with E-state index in [2.05, 4.69) is 5.43 Å². The smallest absolute Gasteiger partial charge is 0.401 e. The Morgan fingerprint density at radius 2 is 1.87 bits per heavy atom. The highest BCUT2D eigenvalue weighted by Crippen LogP contribution is 2.24. The van der Waals surface area contributed by atoms with Gasteiger partial charge < -0.3 is 4.42 Å². The number of rotatable bonds is 3. The fraction of sp³-hybridized carbons (Fsp3) is 0. The van der Waals surface area contributed by atoms with Crippen molar-refractivity contribution in [2.24, 2.45) is 0 Å². The van der Waals surface area contributed by atoms with Crippen molar-refractivity contribution in [1.29, 1.82) is 0 Å². The summed E-state index contributed by atoms with van der Waals surface area (Å²) >= 11 is 5.78. The van der Waals surface area contributed by atoms with Crippen LogP contribution in [0.25, 0.3) is 6.08 Å². The van der Waals surface area contributed by atoms with Crippen molar-refractivity contribution in [3.05, 3.63) is 62.9 Å². The molecule has 1 fully saturated rings. The van der Waals surface area contributed by atoms with Crippen LogP contribution in [0.2, 0.25) is 5.02 Å². The molecule has 2 heterocycles. The topological polar surface area (TPSA) is 106 Å². The minimum absolute atomic E-state index is 0.0353. The third kappa shape index (κ3) is 2.79. The van der Waals surface area contributed by atoms with Gasteiger partial charge in [-0.2, -0.15) is 0 Å². The summed E-state index contributed by atoms with van der Waals surface area (Å²) in [6, 6.07) is 8.74. The van der Waals surface area contributed by atoms with Gasteiger partial charge in [-0.3, -0.25) is 25.1 Å². The molecule has 1 aromatic heterocycles. The van der Waals surface area contributed by atoms with Crippen LogP contribution in [-0.2, 0) is 9.59 Å².